The Bertz CT molecular complexity index is 1200. The van der Waals surface area contributed by atoms with Crippen molar-refractivity contribution in [1.82, 2.24) is 15.1 Å². The van der Waals surface area contributed by atoms with E-state index in [2.05, 4.69) is 10.4 Å². The van der Waals surface area contributed by atoms with E-state index in [-0.39, 0.29) is 35.2 Å². The molecule has 1 aliphatic heterocycles. The molecule has 0 unspecified atom stereocenters. The highest BCUT2D eigenvalue weighted by molar-refractivity contribution is 5.97. The molecule has 2 heterocycles. The first kappa shape index (κ1) is 23.2. The van der Waals surface area contributed by atoms with Crippen molar-refractivity contribution in [3.63, 3.8) is 0 Å². The summed E-state index contributed by atoms with van der Waals surface area (Å²) in [6.07, 6.45) is 1.46. The van der Waals surface area contributed by atoms with Crippen molar-refractivity contribution in [2.24, 2.45) is 0 Å². The maximum atomic E-state index is 13.6. The van der Waals surface area contributed by atoms with Crippen LogP contribution in [0.4, 0.5) is 10.1 Å². The van der Waals surface area contributed by atoms with Crippen LogP contribution in [0.3, 0.4) is 0 Å². The molecule has 0 aliphatic carbocycles. The van der Waals surface area contributed by atoms with Crippen LogP contribution in [0.2, 0.25) is 0 Å². The number of hydrogen-bond donors (Lipinski definition) is 3. The lowest BCUT2D eigenvalue weighted by Gasteiger charge is -2.20. The van der Waals surface area contributed by atoms with E-state index in [1.165, 1.54) is 23.9 Å². The summed E-state index contributed by atoms with van der Waals surface area (Å²) in [6.45, 7) is 1.35. The molecule has 4 rings (SSSR count). The van der Waals surface area contributed by atoms with Crippen molar-refractivity contribution in [2.45, 2.75) is 25.3 Å². The molecule has 1 saturated heterocycles. The molecule has 0 atom stereocenters. The van der Waals surface area contributed by atoms with Crippen LogP contribution in [0.25, 0.3) is 5.69 Å². The van der Waals surface area contributed by atoms with Gasteiger partial charge in [0.1, 0.15) is 11.6 Å². The molecule has 1 amide bonds. The summed E-state index contributed by atoms with van der Waals surface area (Å²) in [4.78, 5) is 24.4. The number of carboxylic acids is 1. The van der Waals surface area contributed by atoms with Gasteiger partial charge in [0.05, 0.1) is 29.7 Å². The summed E-state index contributed by atoms with van der Waals surface area (Å²) in [5, 5.41) is 17.0. The van der Waals surface area contributed by atoms with Crippen LogP contribution in [0.1, 0.15) is 50.9 Å². The van der Waals surface area contributed by atoms with Gasteiger partial charge in [-0.15, -0.1) is 0 Å². The standard InChI is InChI=1S/C24H25FN4O5/c1-33-19-7-4-16(25)12-18(19)23(30)27-13-14-2-5-17(6-3-14)29-22(24(31)32)20(26)21(28-29)15-8-10-34-11-9-15/h2-7,12,15H,8-11,13,26H2,1H3,(H,27,30)(H,31,32). The van der Waals surface area contributed by atoms with Crippen LogP contribution in [0, 0.1) is 5.82 Å². The van der Waals surface area contributed by atoms with Gasteiger partial charge in [0.15, 0.2) is 5.69 Å². The number of nitrogen functional groups attached to an aromatic ring is 1. The molecule has 1 aromatic heterocycles. The zero-order valence-electron chi connectivity index (χ0n) is 18.6. The van der Waals surface area contributed by atoms with E-state index < -0.39 is 17.7 Å². The number of rotatable bonds is 7. The number of nitrogens with one attached hydrogen (secondary N) is 1. The second-order valence-corrected chi connectivity index (χ2v) is 7.94. The Balaban J connectivity index is 1.52. The summed E-state index contributed by atoms with van der Waals surface area (Å²) < 4.78 is 25.4. The van der Waals surface area contributed by atoms with E-state index in [0.29, 0.717) is 24.6 Å². The van der Waals surface area contributed by atoms with Gasteiger partial charge in [0.2, 0.25) is 0 Å². The second-order valence-electron chi connectivity index (χ2n) is 7.94. The number of aromatic carboxylic acids is 1. The van der Waals surface area contributed by atoms with Gasteiger partial charge in [-0.2, -0.15) is 5.10 Å². The van der Waals surface area contributed by atoms with E-state index in [1.54, 1.807) is 24.3 Å². The first-order valence-corrected chi connectivity index (χ1v) is 10.8. The number of benzene rings is 2. The molecule has 10 heteroatoms. The first-order chi connectivity index (χ1) is 16.4. The molecule has 0 spiro atoms. The van der Waals surface area contributed by atoms with E-state index >= 15 is 0 Å². The minimum atomic E-state index is -1.16. The quantitative estimate of drug-likeness (QED) is 0.486. The molecule has 178 valence electrons. The number of ether oxygens (including phenoxy) is 2. The van der Waals surface area contributed by atoms with E-state index in [1.807, 2.05) is 0 Å². The third-order valence-electron chi connectivity index (χ3n) is 5.80. The van der Waals surface area contributed by atoms with Gasteiger partial charge in [0.25, 0.3) is 5.91 Å². The summed E-state index contributed by atoms with van der Waals surface area (Å²) >= 11 is 0. The average Bonchev–Trinajstić information content (AvgIpc) is 3.20. The van der Waals surface area contributed by atoms with Crippen LogP contribution in [-0.2, 0) is 11.3 Å². The number of nitrogens with two attached hydrogens (primary N) is 1. The Labute approximate surface area is 195 Å². The number of aromatic nitrogens is 2. The number of halogens is 1. The van der Waals surface area contributed by atoms with Gasteiger partial charge in [-0.1, -0.05) is 12.1 Å². The number of carbonyl (C=O) groups is 2. The molecule has 0 bridgehead atoms. The number of nitrogens with zero attached hydrogens (tertiary/aromatic N) is 2. The Morgan fingerprint density at radius 1 is 1.24 bits per heavy atom. The normalized spacial score (nSPS) is 14.1. The van der Waals surface area contributed by atoms with Gasteiger partial charge in [-0.05, 0) is 48.7 Å². The SMILES string of the molecule is COc1ccc(F)cc1C(=O)NCc1ccc(-n2nc(C3CCOCC3)c(N)c2C(=O)O)cc1. The number of hydrogen-bond acceptors (Lipinski definition) is 6. The largest absolute Gasteiger partial charge is 0.496 e. The molecule has 0 saturated carbocycles. The molecular weight excluding hydrogens is 443 g/mol. The second kappa shape index (κ2) is 9.92. The van der Waals surface area contributed by atoms with Gasteiger partial charge < -0.3 is 25.6 Å². The zero-order chi connectivity index (χ0) is 24.2. The maximum absolute atomic E-state index is 13.6. The fourth-order valence-corrected chi connectivity index (χ4v) is 4.00. The first-order valence-electron chi connectivity index (χ1n) is 10.8. The minimum Gasteiger partial charge on any atom is -0.496 e. The van der Waals surface area contributed by atoms with Gasteiger partial charge >= 0.3 is 5.97 Å². The number of methoxy groups -OCH3 is 1. The Kier molecular flexibility index (Phi) is 6.78. The molecule has 0 radical (unpaired) electrons. The molecule has 1 fully saturated rings. The Morgan fingerprint density at radius 2 is 1.94 bits per heavy atom. The molecule has 3 aromatic rings. The Hall–Kier alpha value is -3.92. The van der Waals surface area contributed by atoms with Gasteiger partial charge in [-0.3, -0.25) is 4.79 Å². The van der Waals surface area contributed by atoms with Gasteiger partial charge in [0, 0.05) is 25.7 Å². The van der Waals surface area contributed by atoms with Crippen molar-refractivity contribution in [3.8, 4) is 11.4 Å². The van der Waals surface area contributed by atoms with Crippen molar-refractivity contribution < 1.29 is 28.6 Å². The fraction of sp³-hybridized carbons (Fsp3) is 0.292. The van der Waals surface area contributed by atoms with Crippen molar-refractivity contribution in [1.29, 1.82) is 0 Å². The number of carboxylic acid groups (broad SMARTS) is 1. The molecule has 2 aromatic carbocycles. The zero-order valence-corrected chi connectivity index (χ0v) is 18.6. The van der Waals surface area contributed by atoms with Crippen LogP contribution in [0.5, 0.6) is 5.75 Å². The van der Waals surface area contributed by atoms with Crippen molar-refractivity contribution >= 4 is 17.6 Å². The lowest BCUT2D eigenvalue weighted by atomic mass is 9.95. The minimum absolute atomic E-state index is 0.0439. The lowest BCUT2D eigenvalue weighted by molar-refractivity contribution is 0.0687. The Morgan fingerprint density at radius 3 is 2.59 bits per heavy atom. The summed E-state index contributed by atoms with van der Waals surface area (Å²) in [5.41, 5.74) is 8.22. The van der Waals surface area contributed by atoms with Crippen LogP contribution in [0.15, 0.2) is 42.5 Å². The lowest BCUT2D eigenvalue weighted by Crippen LogP contribution is -2.23. The van der Waals surface area contributed by atoms with E-state index in [4.69, 9.17) is 15.2 Å². The predicted molar refractivity (Wildman–Crippen MR) is 122 cm³/mol. The van der Waals surface area contributed by atoms with Crippen molar-refractivity contribution in [2.75, 3.05) is 26.1 Å². The van der Waals surface area contributed by atoms with E-state index in [9.17, 15) is 19.1 Å². The highest BCUT2D eigenvalue weighted by atomic mass is 19.1. The molecule has 9 nitrogen and oxygen atoms in total. The number of carbonyl (C=O) groups excluding carboxylic acids is 1. The maximum Gasteiger partial charge on any atom is 0.356 e. The predicted octanol–water partition coefficient (Wildman–Crippen LogP) is 3.12. The molecule has 34 heavy (non-hydrogen) atoms. The molecule has 4 N–H and O–H groups in total. The number of anilines is 1. The molecular formula is C24H25FN4O5. The van der Waals surface area contributed by atoms with Crippen LogP contribution >= 0.6 is 0 Å². The van der Waals surface area contributed by atoms with Crippen molar-refractivity contribution in [3.05, 3.63) is 70.8 Å². The third-order valence-corrected chi connectivity index (χ3v) is 5.80. The highest BCUT2D eigenvalue weighted by Crippen LogP contribution is 2.33. The van der Waals surface area contributed by atoms with Crippen LogP contribution < -0.4 is 15.8 Å². The smallest absolute Gasteiger partial charge is 0.356 e. The highest BCUT2D eigenvalue weighted by Gasteiger charge is 2.28. The third kappa shape index (κ3) is 4.72. The summed E-state index contributed by atoms with van der Waals surface area (Å²) in [5.74, 6) is -1.86. The summed E-state index contributed by atoms with van der Waals surface area (Å²) in [7, 11) is 1.41. The van der Waals surface area contributed by atoms with Gasteiger partial charge in [-0.25, -0.2) is 13.9 Å². The van der Waals surface area contributed by atoms with Crippen LogP contribution in [-0.4, -0.2) is 47.1 Å². The topological polar surface area (TPSA) is 129 Å². The number of amides is 1. The molecule has 1 aliphatic rings. The fourth-order valence-electron chi connectivity index (χ4n) is 4.00. The average molecular weight is 468 g/mol. The monoisotopic (exact) mass is 468 g/mol. The van der Waals surface area contributed by atoms with E-state index in [0.717, 1.165) is 24.5 Å². The summed E-state index contributed by atoms with van der Waals surface area (Å²) in [6, 6.07) is 10.6.